The molecule has 1 aromatic rings. The van der Waals surface area contributed by atoms with E-state index in [2.05, 4.69) is 6.08 Å². The average Bonchev–Trinajstić information content (AvgIpc) is 2.58. The summed E-state index contributed by atoms with van der Waals surface area (Å²) in [7, 11) is 1.38. The van der Waals surface area contributed by atoms with Crippen LogP contribution < -0.4 is 0 Å². The van der Waals surface area contributed by atoms with Gasteiger partial charge in [0.1, 0.15) is 5.60 Å². The number of esters is 1. The first-order valence-corrected chi connectivity index (χ1v) is 8.63. The van der Waals surface area contributed by atoms with E-state index in [0.29, 0.717) is 24.6 Å². The molecule has 1 aromatic carbocycles. The van der Waals surface area contributed by atoms with Crippen molar-refractivity contribution < 1.29 is 19.1 Å². The molecule has 0 atom stereocenters. The van der Waals surface area contributed by atoms with Crippen LogP contribution in [0.15, 0.2) is 30.3 Å². The van der Waals surface area contributed by atoms with Gasteiger partial charge in [0, 0.05) is 13.1 Å². The molecule has 25 heavy (non-hydrogen) atoms. The molecule has 0 N–H and O–H groups in total. The second-order valence-corrected chi connectivity index (χ2v) is 7.24. The molecule has 0 aromatic heterocycles. The van der Waals surface area contributed by atoms with E-state index >= 15 is 0 Å². The Morgan fingerprint density at radius 3 is 2.40 bits per heavy atom. The third-order valence-electron chi connectivity index (χ3n) is 4.11. The molecule has 0 unspecified atom stereocenters. The molecule has 0 aliphatic carbocycles. The number of rotatable bonds is 3. The number of allylic oxidation sites excluding steroid dienone is 1. The smallest absolute Gasteiger partial charge is 0.410 e. The summed E-state index contributed by atoms with van der Waals surface area (Å²) in [6.07, 6.45) is 5.62. The third-order valence-corrected chi connectivity index (χ3v) is 4.11. The standard InChI is InChI=1S/C20H27NO4/c1-20(2,3)25-19(23)21-13-11-15(12-14-21)9-10-16-7-5-6-8-17(16)18(22)24-4/h5-10,15H,11-14H2,1-4H3. The topological polar surface area (TPSA) is 55.8 Å². The second kappa shape index (κ2) is 8.19. The molecule has 0 radical (unpaired) electrons. The van der Waals surface area contributed by atoms with Gasteiger partial charge < -0.3 is 14.4 Å². The summed E-state index contributed by atoms with van der Waals surface area (Å²) in [5, 5.41) is 0. The normalized spacial score (nSPS) is 16.1. The van der Waals surface area contributed by atoms with Gasteiger partial charge in [-0.05, 0) is 51.2 Å². The number of methoxy groups -OCH3 is 1. The number of hydrogen-bond acceptors (Lipinski definition) is 4. The largest absolute Gasteiger partial charge is 0.465 e. The molecule has 1 heterocycles. The predicted molar refractivity (Wildman–Crippen MR) is 97.3 cm³/mol. The molecular formula is C20H27NO4. The first-order chi connectivity index (χ1) is 11.8. The van der Waals surface area contributed by atoms with Crippen molar-refractivity contribution in [3.05, 3.63) is 41.5 Å². The van der Waals surface area contributed by atoms with Crippen LogP contribution in [0.25, 0.3) is 6.08 Å². The molecular weight excluding hydrogens is 318 g/mol. The van der Waals surface area contributed by atoms with Crippen molar-refractivity contribution in [2.75, 3.05) is 20.2 Å². The Labute approximate surface area is 149 Å². The molecule has 1 aliphatic rings. The maximum Gasteiger partial charge on any atom is 0.410 e. The highest BCUT2D eigenvalue weighted by Crippen LogP contribution is 2.22. The first-order valence-electron chi connectivity index (χ1n) is 8.63. The molecule has 0 bridgehead atoms. The maximum atomic E-state index is 12.1. The Hall–Kier alpha value is -2.30. The van der Waals surface area contributed by atoms with Crippen molar-refractivity contribution in [2.24, 2.45) is 5.92 Å². The van der Waals surface area contributed by atoms with Crippen molar-refractivity contribution in [3.8, 4) is 0 Å². The lowest BCUT2D eigenvalue weighted by Gasteiger charge is -2.32. The maximum absolute atomic E-state index is 12.1. The van der Waals surface area contributed by atoms with Gasteiger partial charge in [0.2, 0.25) is 0 Å². The Morgan fingerprint density at radius 1 is 1.16 bits per heavy atom. The molecule has 0 spiro atoms. The molecule has 1 amide bonds. The molecule has 1 saturated heterocycles. The van der Waals surface area contributed by atoms with Crippen LogP contribution in [0.1, 0.15) is 49.5 Å². The molecule has 0 saturated carbocycles. The van der Waals surface area contributed by atoms with Crippen LogP contribution in [0.2, 0.25) is 0 Å². The van der Waals surface area contributed by atoms with Gasteiger partial charge in [-0.1, -0.05) is 30.4 Å². The van der Waals surface area contributed by atoms with E-state index in [9.17, 15) is 9.59 Å². The molecule has 2 rings (SSSR count). The van der Waals surface area contributed by atoms with E-state index < -0.39 is 5.60 Å². The highest BCUT2D eigenvalue weighted by molar-refractivity contribution is 5.93. The Morgan fingerprint density at radius 2 is 1.80 bits per heavy atom. The minimum Gasteiger partial charge on any atom is -0.465 e. The Balaban J connectivity index is 1.93. The number of carbonyl (C=O) groups is 2. The monoisotopic (exact) mass is 345 g/mol. The van der Waals surface area contributed by atoms with E-state index in [1.165, 1.54) is 7.11 Å². The van der Waals surface area contributed by atoms with Crippen LogP contribution in [-0.2, 0) is 9.47 Å². The van der Waals surface area contributed by atoms with Crippen LogP contribution in [0, 0.1) is 5.92 Å². The average molecular weight is 345 g/mol. The summed E-state index contributed by atoms with van der Waals surface area (Å²) in [4.78, 5) is 25.7. The number of carbonyl (C=O) groups excluding carboxylic acids is 2. The SMILES string of the molecule is COC(=O)c1ccccc1C=CC1CCN(C(=O)OC(C)(C)C)CC1. The fraction of sp³-hybridized carbons (Fsp3) is 0.500. The minimum absolute atomic E-state index is 0.244. The number of likely N-dealkylation sites (tertiary alicyclic amines) is 1. The van der Waals surface area contributed by atoms with Gasteiger partial charge in [0.05, 0.1) is 12.7 Å². The van der Waals surface area contributed by atoms with Gasteiger partial charge in [-0.15, -0.1) is 0 Å². The summed E-state index contributed by atoms with van der Waals surface area (Å²) in [6, 6.07) is 7.38. The van der Waals surface area contributed by atoms with Gasteiger partial charge in [-0.2, -0.15) is 0 Å². The van der Waals surface area contributed by atoms with Crippen LogP contribution in [-0.4, -0.2) is 42.8 Å². The molecule has 1 fully saturated rings. The van der Waals surface area contributed by atoms with Crippen molar-refractivity contribution >= 4 is 18.1 Å². The fourth-order valence-electron chi connectivity index (χ4n) is 2.78. The number of piperidine rings is 1. The first kappa shape index (κ1) is 19.0. The van der Waals surface area contributed by atoms with Crippen molar-refractivity contribution in [3.63, 3.8) is 0 Å². The number of ether oxygens (including phenoxy) is 2. The van der Waals surface area contributed by atoms with Crippen molar-refractivity contribution in [2.45, 2.75) is 39.2 Å². The lowest BCUT2D eigenvalue weighted by atomic mass is 9.95. The Kier molecular flexibility index (Phi) is 6.23. The summed E-state index contributed by atoms with van der Waals surface area (Å²) >= 11 is 0. The lowest BCUT2D eigenvalue weighted by Crippen LogP contribution is -2.41. The zero-order valence-electron chi connectivity index (χ0n) is 15.5. The molecule has 5 nitrogen and oxygen atoms in total. The van der Waals surface area contributed by atoms with Gasteiger partial charge in [0.25, 0.3) is 0 Å². The lowest BCUT2D eigenvalue weighted by molar-refractivity contribution is 0.0197. The minimum atomic E-state index is -0.467. The van der Waals surface area contributed by atoms with Gasteiger partial charge in [-0.25, -0.2) is 9.59 Å². The molecule has 136 valence electrons. The molecule has 1 aliphatic heterocycles. The molecule has 5 heteroatoms. The third kappa shape index (κ3) is 5.62. The van der Waals surface area contributed by atoms with Crippen LogP contribution >= 0.6 is 0 Å². The van der Waals surface area contributed by atoms with Crippen LogP contribution in [0.5, 0.6) is 0 Å². The summed E-state index contributed by atoms with van der Waals surface area (Å²) in [6.45, 7) is 6.99. The second-order valence-electron chi connectivity index (χ2n) is 7.24. The van der Waals surface area contributed by atoms with E-state index in [1.807, 2.05) is 45.0 Å². The number of amides is 1. The zero-order valence-corrected chi connectivity index (χ0v) is 15.5. The highest BCUT2D eigenvalue weighted by Gasteiger charge is 2.25. The summed E-state index contributed by atoms with van der Waals surface area (Å²) < 4.78 is 10.2. The van der Waals surface area contributed by atoms with Gasteiger partial charge >= 0.3 is 12.1 Å². The van der Waals surface area contributed by atoms with Crippen LogP contribution in [0.3, 0.4) is 0 Å². The van der Waals surface area contributed by atoms with Crippen molar-refractivity contribution in [1.82, 2.24) is 4.90 Å². The van der Waals surface area contributed by atoms with E-state index in [4.69, 9.17) is 9.47 Å². The van der Waals surface area contributed by atoms with E-state index in [0.717, 1.165) is 18.4 Å². The van der Waals surface area contributed by atoms with Crippen molar-refractivity contribution in [1.29, 1.82) is 0 Å². The van der Waals surface area contributed by atoms with Gasteiger partial charge in [-0.3, -0.25) is 0 Å². The quantitative estimate of drug-likeness (QED) is 0.773. The van der Waals surface area contributed by atoms with E-state index in [1.54, 1.807) is 11.0 Å². The van der Waals surface area contributed by atoms with Gasteiger partial charge in [0.15, 0.2) is 0 Å². The van der Waals surface area contributed by atoms with E-state index in [-0.39, 0.29) is 12.1 Å². The number of hydrogen-bond donors (Lipinski definition) is 0. The number of benzene rings is 1. The Bertz CT molecular complexity index is 637. The predicted octanol–water partition coefficient (Wildman–Crippen LogP) is 4.13. The van der Waals surface area contributed by atoms with Crippen LogP contribution in [0.4, 0.5) is 4.79 Å². The number of nitrogens with zero attached hydrogens (tertiary/aromatic N) is 1. The summed E-state index contributed by atoms with van der Waals surface area (Å²) in [5.74, 6) is 0.0457. The zero-order chi connectivity index (χ0) is 18.4. The summed E-state index contributed by atoms with van der Waals surface area (Å²) in [5.41, 5.74) is 0.946. The highest BCUT2D eigenvalue weighted by atomic mass is 16.6. The fourth-order valence-corrected chi connectivity index (χ4v) is 2.78.